The Balaban J connectivity index is 1.91. The molecule has 0 heterocycles. The Bertz CT molecular complexity index is 620. The van der Waals surface area contributed by atoms with E-state index >= 15 is 0 Å². The zero-order valence-corrected chi connectivity index (χ0v) is 12.7. The van der Waals surface area contributed by atoms with Crippen molar-refractivity contribution in [2.24, 2.45) is 5.84 Å². The summed E-state index contributed by atoms with van der Waals surface area (Å²) in [6.45, 7) is 2.02. The number of halogens is 1. The summed E-state index contributed by atoms with van der Waals surface area (Å²) in [6.07, 6.45) is 2.69. The first-order valence-electron chi connectivity index (χ1n) is 7.15. The third-order valence-electron chi connectivity index (χ3n) is 3.58. The molecule has 3 nitrogen and oxygen atoms in total. The van der Waals surface area contributed by atoms with Gasteiger partial charge in [0.25, 0.3) is 0 Å². The molecule has 0 aliphatic heterocycles. The lowest BCUT2D eigenvalue weighted by Crippen LogP contribution is -2.28. The molecule has 1 fully saturated rings. The topological polar surface area (TPSA) is 47.3 Å². The maximum Gasteiger partial charge on any atom is 0.120 e. The summed E-state index contributed by atoms with van der Waals surface area (Å²) in [5, 5.41) is 0.718. The van der Waals surface area contributed by atoms with Gasteiger partial charge in [-0.15, -0.1) is 0 Å². The van der Waals surface area contributed by atoms with Crippen molar-refractivity contribution in [2.45, 2.75) is 31.9 Å². The molecule has 1 unspecified atom stereocenters. The highest BCUT2D eigenvalue weighted by molar-refractivity contribution is 6.30. The van der Waals surface area contributed by atoms with Gasteiger partial charge in [-0.1, -0.05) is 29.8 Å². The molecule has 3 N–H and O–H groups in total. The molecule has 0 saturated heterocycles. The molecule has 21 heavy (non-hydrogen) atoms. The van der Waals surface area contributed by atoms with Gasteiger partial charge < -0.3 is 4.74 Å². The molecule has 0 aromatic heterocycles. The summed E-state index contributed by atoms with van der Waals surface area (Å²) >= 11 is 6.15. The molecular weight excluding hydrogens is 284 g/mol. The van der Waals surface area contributed by atoms with Gasteiger partial charge in [-0.2, -0.15) is 0 Å². The van der Waals surface area contributed by atoms with Crippen molar-refractivity contribution in [3.05, 3.63) is 64.2 Å². The molecular formula is C17H19ClN2O. The second-order valence-corrected chi connectivity index (χ2v) is 5.99. The van der Waals surface area contributed by atoms with E-state index in [1.54, 1.807) is 0 Å². The van der Waals surface area contributed by atoms with Gasteiger partial charge >= 0.3 is 0 Å². The van der Waals surface area contributed by atoms with Crippen LogP contribution in [0, 0.1) is 6.92 Å². The Morgan fingerprint density at radius 2 is 2.00 bits per heavy atom. The first-order valence-corrected chi connectivity index (χ1v) is 7.53. The smallest absolute Gasteiger partial charge is 0.120 e. The van der Waals surface area contributed by atoms with Crippen LogP contribution in [-0.2, 0) is 0 Å². The van der Waals surface area contributed by atoms with Gasteiger partial charge in [0.1, 0.15) is 5.75 Å². The van der Waals surface area contributed by atoms with E-state index in [4.69, 9.17) is 22.2 Å². The Morgan fingerprint density at radius 3 is 2.67 bits per heavy atom. The number of rotatable bonds is 5. The number of hydrogen-bond donors (Lipinski definition) is 2. The summed E-state index contributed by atoms with van der Waals surface area (Å²) in [5.41, 5.74) is 6.10. The molecule has 0 bridgehead atoms. The maximum atomic E-state index is 6.15. The lowest BCUT2D eigenvalue weighted by Gasteiger charge is -2.19. The third kappa shape index (κ3) is 3.56. The number of benzene rings is 2. The Labute approximate surface area is 130 Å². The molecule has 0 amide bonds. The summed E-state index contributed by atoms with van der Waals surface area (Å²) in [7, 11) is 0. The van der Waals surface area contributed by atoms with Crippen molar-refractivity contribution in [1.82, 2.24) is 5.43 Å². The molecule has 0 spiro atoms. The molecule has 1 saturated carbocycles. The highest BCUT2D eigenvalue weighted by atomic mass is 35.5. The van der Waals surface area contributed by atoms with Crippen LogP contribution in [0.15, 0.2) is 42.5 Å². The van der Waals surface area contributed by atoms with Gasteiger partial charge in [0.05, 0.1) is 12.1 Å². The van der Waals surface area contributed by atoms with Gasteiger partial charge in [-0.05, 0) is 60.7 Å². The minimum Gasteiger partial charge on any atom is -0.490 e. The minimum absolute atomic E-state index is 0.106. The van der Waals surface area contributed by atoms with E-state index in [0.717, 1.165) is 40.3 Å². The average Bonchev–Trinajstić information content (AvgIpc) is 3.23. The number of hydrogen-bond acceptors (Lipinski definition) is 3. The van der Waals surface area contributed by atoms with Gasteiger partial charge in [0, 0.05) is 5.02 Å². The van der Waals surface area contributed by atoms with Crippen molar-refractivity contribution in [3.63, 3.8) is 0 Å². The number of nitrogens with two attached hydrogens (primary N) is 1. The molecule has 1 aliphatic carbocycles. The SMILES string of the molecule is Cc1cc(Cl)cc(C(NN)c2cccc(OC3CC3)c2)c1. The van der Waals surface area contributed by atoms with Crippen molar-refractivity contribution in [2.75, 3.05) is 0 Å². The fourth-order valence-corrected chi connectivity index (χ4v) is 2.76. The number of nitrogens with one attached hydrogen (secondary N) is 1. The number of ether oxygens (including phenoxy) is 1. The largest absolute Gasteiger partial charge is 0.490 e. The van der Waals surface area contributed by atoms with Crippen LogP contribution >= 0.6 is 11.6 Å². The van der Waals surface area contributed by atoms with Gasteiger partial charge in [-0.25, -0.2) is 5.43 Å². The predicted molar refractivity (Wildman–Crippen MR) is 85.4 cm³/mol. The van der Waals surface area contributed by atoms with Crippen LogP contribution in [0.4, 0.5) is 0 Å². The molecule has 1 atom stereocenters. The summed E-state index contributed by atoms with van der Waals surface area (Å²) in [4.78, 5) is 0. The summed E-state index contributed by atoms with van der Waals surface area (Å²) < 4.78 is 5.85. The second kappa shape index (κ2) is 6.06. The lowest BCUT2D eigenvalue weighted by atomic mass is 9.98. The van der Waals surface area contributed by atoms with Crippen LogP contribution in [0.3, 0.4) is 0 Å². The Morgan fingerprint density at radius 1 is 1.19 bits per heavy atom. The molecule has 2 aromatic carbocycles. The summed E-state index contributed by atoms with van der Waals surface area (Å²) in [6, 6.07) is 13.9. The lowest BCUT2D eigenvalue weighted by molar-refractivity contribution is 0.302. The van der Waals surface area contributed by atoms with Crippen LogP contribution in [0.5, 0.6) is 5.75 Å². The highest BCUT2D eigenvalue weighted by Crippen LogP contribution is 2.30. The van der Waals surface area contributed by atoms with Crippen molar-refractivity contribution in [3.8, 4) is 5.75 Å². The van der Waals surface area contributed by atoms with E-state index in [2.05, 4.69) is 11.5 Å². The maximum absolute atomic E-state index is 6.15. The highest BCUT2D eigenvalue weighted by Gasteiger charge is 2.24. The van der Waals surface area contributed by atoms with E-state index in [-0.39, 0.29) is 6.04 Å². The number of hydrazine groups is 1. The van der Waals surface area contributed by atoms with Crippen LogP contribution in [0.1, 0.15) is 35.6 Å². The van der Waals surface area contributed by atoms with Crippen LogP contribution in [0.2, 0.25) is 5.02 Å². The summed E-state index contributed by atoms with van der Waals surface area (Å²) in [5.74, 6) is 6.66. The Kier molecular flexibility index (Phi) is 4.15. The first kappa shape index (κ1) is 14.4. The minimum atomic E-state index is -0.106. The van der Waals surface area contributed by atoms with Gasteiger partial charge in [-0.3, -0.25) is 5.84 Å². The average molecular weight is 303 g/mol. The number of aryl methyl sites for hydroxylation is 1. The Hall–Kier alpha value is -1.55. The van der Waals surface area contributed by atoms with E-state index < -0.39 is 0 Å². The predicted octanol–water partition coefficient (Wildman–Crippen LogP) is 3.74. The molecule has 0 radical (unpaired) electrons. The fraction of sp³-hybridized carbons (Fsp3) is 0.294. The van der Waals surface area contributed by atoms with E-state index in [1.807, 2.05) is 43.3 Å². The van der Waals surface area contributed by atoms with E-state index in [1.165, 1.54) is 0 Å². The molecule has 110 valence electrons. The monoisotopic (exact) mass is 302 g/mol. The normalized spacial score (nSPS) is 15.8. The molecule has 2 aromatic rings. The quantitative estimate of drug-likeness (QED) is 0.653. The standard InChI is InChI=1S/C17H19ClN2O/c1-11-7-13(9-14(18)8-11)17(20-19)12-3-2-4-16(10-12)21-15-5-6-15/h2-4,7-10,15,17,20H,5-6,19H2,1H3. The zero-order chi connectivity index (χ0) is 14.8. The third-order valence-corrected chi connectivity index (χ3v) is 3.80. The second-order valence-electron chi connectivity index (χ2n) is 5.55. The molecule has 3 rings (SSSR count). The fourth-order valence-electron chi connectivity index (χ4n) is 2.46. The van der Waals surface area contributed by atoms with Crippen molar-refractivity contribution in [1.29, 1.82) is 0 Å². The van der Waals surface area contributed by atoms with E-state index in [9.17, 15) is 0 Å². The van der Waals surface area contributed by atoms with Crippen molar-refractivity contribution < 1.29 is 4.74 Å². The molecule has 4 heteroatoms. The van der Waals surface area contributed by atoms with Gasteiger partial charge in [0.15, 0.2) is 0 Å². The molecule has 1 aliphatic rings. The van der Waals surface area contributed by atoms with Crippen LogP contribution < -0.4 is 16.0 Å². The zero-order valence-electron chi connectivity index (χ0n) is 12.0. The van der Waals surface area contributed by atoms with Gasteiger partial charge in [0.2, 0.25) is 0 Å². The van der Waals surface area contributed by atoms with Crippen LogP contribution in [-0.4, -0.2) is 6.10 Å². The van der Waals surface area contributed by atoms with E-state index in [0.29, 0.717) is 6.10 Å². The first-order chi connectivity index (χ1) is 10.2. The van der Waals surface area contributed by atoms with Crippen LogP contribution in [0.25, 0.3) is 0 Å². The van der Waals surface area contributed by atoms with Crippen molar-refractivity contribution >= 4 is 11.6 Å².